The number of nitrogens with zero attached hydrogens (tertiary/aromatic N) is 1. The van der Waals surface area contributed by atoms with Gasteiger partial charge in [-0.25, -0.2) is 0 Å². The highest BCUT2D eigenvalue weighted by atomic mass is 35.5. The Kier molecular flexibility index (Phi) is 7.00. The van der Waals surface area contributed by atoms with Crippen LogP contribution in [0.15, 0.2) is 30.3 Å². The predicted octanol–water partition coefficient (Wildman–Crippen LogP) is 2.68. The number of nitrogens with one attached hydrogen (secondary N) is 2. The zero-order chi connectivity index (χ0) is 16.2. The van der Waals surface area contributed by atoms with Gasteiger partial charge in [0.15, 0.2) is 0 Å². The zero-order valence-corrected chi connectivity index (χ0v) is 15.8. The lowest BCUT2D eigenvalue weighted by Crippen LogP contribution is -2.51. The van der Waals surface area contributed by atoms with E-state index in [0.717, 1.165) is 38.1 Å². The van der Waals surface area contributed by atoms with E-state index in [1.54, 1.807) is 0 Å². The highest BCUT2D eigenvalue weighted by Gasteiger charge is 2.35. The molecule has 25 heavy (non-hydrogen) atoms. The molecule has 0 amide bonds. The van der Waals surface area contributed by atoms with Crippen molar-refractivity contribution in [2.24, 2.45) is 11.8 Å². The number of hydrogen-bond donors (Lipinski definition) is 2. The van der Waals surface area contributed by atoms with Gasteiger partial charge in [-0.3, -0.25) is 0 Å². The molecule has 1 saturated carbocycles. The number of halogens is 1. The van der Waals surface area contributed by atoms with Crippen LogP contribution in [0.4, 0.5) is 5.69 Å². The highest BCUT2D eigenvalue weighted by molar-refractivity contribution is 5.85. The van der Waals surface area contributed by atoms with Gasteiger partial charge in [-0.05, 0) is 49.8 Å². The summed E-state index contributed by atoms with van der Waals surface area (Å²) in [7, 11) is 0. The summed E-state index contributed by atoms with van der Waals surface area (Å²) in [6, 6.07) is 12.1. The molecule has 2 N–H and O–H groups in total. The lowest BCUT2D eigenvalue weighted by atomic mass is 9.93. The van der Waals surface area contributed by atoms with Crippen LogP contribution in [0, 0.1) is 11.8 Å². The van der Waals surface area contributed by atoms with Crippen molar-refractivity contribution in [3.63, 3.8) is 0 Å². The first-order valence-corrected chi connectivity index (χ1v) is 9.74. The average Bonchev–Trinajstić information content (AvgIpc) is 3.31. The van der Waals surface area contributed by atoms with Crippen molar-refractivity contribution in [3.05, 3.63) is 30.3 Å². The van der Waals surface area contributed by atoms with E-state index in [-0.39, 0.29) is 12.4 Å². The van der Waals surface area contributed by atoms with Gasteiger partial charge in [-0.15, -0.1) is 12.4 Å². The van der Waals surface area contributed by atoms with Crippen molar-refractivity contribution >= 4 is 18.1 Å². The quantitative estimate of drug-likeness (QED) is 0.841. The van der Waals surface area contributed by atoms with E-state index in [2.05, 4.69) is 45.9 Å². The molecule has 1 aromatic rings. The smallest absolute Gasteiger partial charge is 0.0623 e. The third-order valence-electron chi connectivity index (χ3n) is 6.11. The van der Waals surface area contributed by atoms with Crippen LogP contribution in [-0.2, 0) is 4.74 Å². The minimum atomic E-state index is 0. The zero-order valence-electron chi connectivity index (χ0n) is 15.0. The summed E-state index contributed by atoms with van der Waals surface area (Å²) < 4.78 is 5.69. The Balaban J connectivity index is 0.00000182. The van der Waals surface area contributed by atoms with Crippen LogP contribution in [0.2, 0.25) is 0 Å². The summed E-state index contributed by atoms with van der Waals surface area (Å²) in [5.74, 6) is 1.53. The molecule has 1 aliphatic carbocycles. The topological polar surface area (TPSA) is 36.5 Å². The third kappa shape index (κ3) is 4.68. The predicted molar refractivity (Wildman–Crippen MR) is 106 cm³/mol. The first kappa shape index (κ1) is 19.0. The third-order valence-corrected chi connectivity index (χ3v) is 6.11. The molecule has 0 aromatic heterocycles. The molecule has 0 spiro atoms. The number of morpholine rings is 1. The molecule has 5 heteroatoms. The second kappa shape index (κ2) is 9.22. The Hall–Kier alpha value is -0.810. The molecule has 0 bridgehead atoms. The van der Waals surface area contributed by atoms with Crippen molar-refractivity contribution in [1.29, 1.82) is 0 Å². The molecule has 4 atom stereocenters. The van der Waals surface area contributed by atoms with Crippen molar-refractivity contribution in [2.45, 2.75) is 37.8 Å². The van der Waals surface area contributed by atoms with Crippen LogP contribution >= 0.6 is 12.4 Å². The van der Waals surface area contributed by atoms with Gasteiger partial charge in [0.2, 0.25) is 0 Å². The first-order chi connectivity index (χ1) is 11.9. The summed E-state index contributed by atoms with van der Waals surface area (Å²) in [6.45, 7) is 6.34. The monoisotopic (exact) mass is 365 g/mol. The van der Waals surface area contributed by atoms with Crippen molar-refractivity contribution in [2.75, 3.05) is 44.3 Å². The second-order valence-electron chi connectivity index (χ2n) is 7.68. The molecule has 140 valence electrons. The van der Waals surface area contributed by atoms with E-state index in [1.165, 1.54) is 44.5 Å². The largest absolute Gasteiger partial charge is 0.379 e. The fraction of sp³-hybridized carbons (Fsp3) is 0.700. The Bertz CT molecular complexity index is 509. The lowest BCUT2D eigenvalue weighted by molar-refractivity contribution is 0.0523. The van der Waals surface area contributed by atoms with Gasteiger partial charge in [-0.1, -0.05) is 24.6 Å². The Morgan fingerprint density at radius 3 is 2.84 bits per heavy atom. The Morgan fingerprint density at radius 2 is 2.04 bits per heavy atom. The number of rotatable bonds is 5. The van der Waals surface area contributed by atoms with Gasteiger partial charge in [0.1, 0.15) is 0 Å². The van der Waals surface area contributed by atoms with Crippen LogP contribution in [-0.4, -0.2) is 51.5 Å². The van der Waals surface area contributed by atoms with Crippen LogP contribution < -0.4 is 15.5 Å². The second-order valence-corrected chi connectivity index (χ2v) is 7.68. The molecular formula is C20H32ClN3O. The maximum atomic E-state index is 5.69. The fourth-order valence-corrected chi connectivity index (χ4v) is 4.78. The fourth-order valence-electron chi connectivity index (χ4n) is 4.78. The molecule has 3 aliphatic rings. The van der Waals surface area contributed by atoms with Gasteiger partial charge in [0.25, 0.3) is 0 Å². The maximum absolute atomic E-state index is 5.69. The Morgan fingerprint density at radius 1 is 1.16 bits per heavy atom. The molecule has 2 saturated heterocycles. The van der Waals surface area contributed by atoms with Crippen LogP contribution in [0.3, 0.4) is 0 Å². The molecule has 2 heterocycles. The maximum Gasteiger partial charge on any atom is 0.0623 e. The lowest BCUT2D eigenvalue weighted by Gasteiger charge is -2.33. The van der Waals surface area contributed by atoms with Crippen LogP contribution in [0.25, 0.3) is 0 Å². The molecule has 0 radical (unpaired) electrons. The number of ether oxygens (including phenoxy) is 1. The molecule has 4 rings (SSSR count). The van der Waals surface area contributed by atoms with Gasteiger partial charge in [0, 0.05) is 37.4 Å². The van der Waals surface area contributed by atoms with E-state index in [1.807, 2.05) is 0 Å². The van der Waals surface area contributed by atoms with Crippen LogP contribution in [0.1, 0.15) is 25.7 Å². The number of para-hydroxylation sites is 1. The minimum absolute atomic E-state index is 0. The normalized spacial score (nSPS) is 32.6. The molecule has 4 unspecified atom stereocenters. The Labute approximate surface area is 158 Å². The summed E-state index contributed by atoms with van der Waals surface area (Å²) in [5.41, 5.74) is 1.38. The van der Waals surface area contributed by atoms with E-state index in [0.29, 0.717) is 12.1 Å². The first-order valence-electron chi connectivity index (χ1n) is 9.74. The standard InChI is InChI=1S/C20H31N3O.ClH/c1-2-5-17(6-3-1)23-11-9-16(14-23)13-22-19-8-4-7-18(19)20-15-24-12-10-21-20;/h1-3,5-6,16,18-22H,4,7-15H2;1H. The van der Waals surface area contributed by atoms with E-state index in [4.69, 9.17) is 4.74 Å². The summed E-state index contributed by atoms with van der Waals surface area (Å²) in [4.78, 5) is 2.54. The molecule has 3 fully saturated rings. The van der Waals surface area contributed by atoms with Gasteiger partial charge in [0.05, 0.1) is 13.2 Å². The minimum Gasteiger partial charge on any atom is -0.379 e. The van der Waals surface area contributed by atoms with E-state index >= 15 is 0 Å². The summed E-state index contributed by atoms with van der Waals surface area (Å²) >= 11 is 0. The molecule has 2 aliphatic heterocycles. The highest BCUT2D eigenvalue weighted by Crippen LogP contribution is 2.30. The number of anilines is 1. The molecule has 1 aromatic carbocycles. The number of hydrogen-bond acceptors (Lipinski definition) is 4. The van der Waals surface area contributed by atoms with E-state index in [9.17, 15) is 0 Å². The van der Waals surface area contributed by atoms with Gasteiger partial charge in [-0.2, -0.15) is 0 Å². The van der Waals surface area contributed by atoms with Gasteiger partial charge < -0.3 is 20.3 Å². The van der Waals surface area contributed by atoms with Crippen molar-refractivity contribution in [1.82, 2.24) is 10.6 Å². The average molecular weight is 366 g/mol. The molecular weight excluding hydrogens is 334 g/mol. The number of benzene rings is 1. The van der Waals surface area contributed by atoms with Gasteiger partial charge >= 0.3 is 0 Å². The van der Waals surface area contributed by atoms with Crippen molar-refractivity contribution < 1.29 is 4.74 Å². The SMILES string of the molecule is Cl.c1ccc(N2CCC(CNC3CCCC3C3COCCN3)C2)cc1. The summed E-state index contributed by atoms with van der Waals surface area (Å²) in [6.07, 6.45) is 5.35. The summed E-state index contributed by atoms with van der Waals surface area (Å²) in [5, 5.41) is 7.60. The molecule has 4 nitrogen and oxygen atoms in total. The van der Waals surface area contributed by atoms with Crippen molar-refractivity contribution in [3.8, 4) is 0 Å². The van der Waals surface area contributed by atoms with E-state index < -0.39 is 0 Å². The van der Waals surface area contributed by atoms with Crippen LogP contribution in [0.5, 0.6) is 0 Å².